The molecule has 6 heteroatoms. The van der Waals surface area contributed by atoms with Crippen LogP contribution in [0, 0.1) is 0 Å². The van der Waals surface area contributed by atoms with Crippen LogP contribution in [0.2, 0.25) is 0 Å². The van der Waals surface area contributed by atoms with Crippen molar-refractivity contribution in [3.63, 3.8) is 0 Å². The predicted octanol–water partition coefficient (Wildman–Crippen LogP) is 1.14. The van der Waals surface area contributed by atoms with Gasteiger partial charge >= 0.3 is 13.1 Å². The molecule has 3 rings (SSSR count). The van der Waals surface area contributed by atoms with Crippen molar-refractivity contribution in [2.75, 3.05) is 19.8 Å². The molecule has 5 nitrogen and oxygen atoms in total. The molecule has 1 aromatic carbocycles. The Balaban J connectivity index is 1.88. The van der Waals surface area contributed by atoms with Crippen LogP contribution in [-0.4, -0.2) is 44.9 Å². The lowest BCUT2D eigenvalue weighted by atomic mass is 9.65. The van der Waals surface area contributed by atoms with Gasteiger partial charge in [-0.15, -0.1) is 0 Å². The zero-order valence-corrected chi connectivity index (χ0v) is 12.2. The number of piperidine rings is 1. The van der Waals surface area contributed by atoms with Gasteiger partial charge in [0.2, 0.25) is 0 Å². The largest absolute Gasteiger partial charge is 0.476 e. The fourth-order valence-electron chi connectivity index (χ4n) is 3.22. The van der Waals surface area contributed by atoms with Crippen molar-refractivity contribution in [3.8, 4) is 0 Å². The summed E-state index contributed by atoms with van der Waals surface area (Å²) in [5.41, 5.74) is 1.14. The number of hydrogen-bond donors (Lipinski definition) is 1. The number of nitrogens with one attached hydrogen (secondary N) is 1. The molecule has 0 spiro atoms. The van der Waals surface area contributed by atoms with Crippen molar-refractivity contribution < 1.29 is 18.8 Å². The third-order valence-corrected chi connectivity index (χ3v) is 4.04. The first-order valence-corrected chi connectivity index (χ1v) is 7.44. The van der Waals surface area contributed by atoms with Crippen molar-refractivity contribution in [3.05, 3.63) is 35.9 Å². The molecular formula is C15H20BNO4. The first-order chi connectivity index (χ1) is 10.3. The smallest absolute Gasteiger partial charge is 0.462 e. The Kier molecular flexibility index (Phi) is 4.58. The third-order valence-electron chi connectivity index (χ3n) is 4.04. The van der Waals surface area contributed by atoms with Crippen molar-refractivity contribution in [2.24, 2.45) is 0 Å². The van der Waals surface area contributed by atoms with Crippen molar-refractivity contribution >= 4 is 13.1 Å². The van der Waals surface area contributed by atoms with Crippen LogP contribution in [0.25, 0.3) is 0 Å². The minimum atomic E-state index is -0.284. The highest BCUT2D eigenvalue weighted by molar-refractivity contribution is 6.47. The molecular weight excluding hydrogens is 269 g/mol. The van der Waals surface area contributed by atoms with E-state index in [1.807, 2.05) is 18.2 Å². The Labute approximate surface area is 125 Å². The molecule has 112 valence electrons. The van der Waals surface area contributed by atoms with E-state index in [0.717, 1.165) is 18.5 Å². The molecule has 0 saturated carbocycles. The topological polar surface area (TPSA) is 56.8 Å². The van der Waals surface area contributed by atoms with Gasteiger partial charge in [0.25, 0.3) is 0 Å². The van der Waals surface area contributed by atoms with Gasteiger partial charge in [-0.2, -0.15) is 0 Å². The van der Waals surface area contributed by atoms with E-state index in [1.165, 1.54) is 6.92 Å². The first-order valence-electron chi connectivity index (χ1n) is 7.44. The van der Waals surface area contributed by atoms with Gasteiger partial charge in [0.05, 0.1) is 19.2 Å². The van der Waals surface area contributed by atoms with Crippen LogP contribution in [0.1, 0.15) is 24.8 Å². The number of carbonyl (C=O) groups excluding carboxylic acids is 1. The molecule has 2 fully saturated rings. The monoisotopic (exact) mass is 289 g/mol. The number of benzene rings is 1. The maximum Gasteiger partial charge on any atom is 0.476 e. The van der Waals surface area contributed by atoms with Crippen LogP contribution in [0.3, 0.4) is 0 Å². The van der Waals surface area contributed by atoms with Gasteiger partial charge in [-0.3, -0.25) is 4.79 Å². The highest BCUT2D eigenvalue weighted by Gasteiger charge is 2.46. The second-order valence-electron chi connectivity index (χ2n) is 5.46. The van der Waals surface area contributed by atoms with Crippen molar-refractivity contribution in [2.45, 2.75) is 31.3 Å². The molecule has 3 unspecified atom stereocenters. The molecule has 21 heavy (non-hydrogen) atoms. The van der Waals surface area contributed by atoms with E-state index in [-0.39, 0.29) is 31.1 Å². The van der Waals surface area contributed by atoms with E-state index in [4.69, 9.17) is 14.0 Å². The summed E-state index contributed by atoms with van der Waals surface area (Å²) in [6.45, 7) is 3.47. The minimum Gasteiger partial charge on any atom is -0.462 e. The molecule has 0 bridgehead atoms. The molecule has 3 atom stereocenters. The van der Waals surface area contributed by atoms with Gasteiger partial charge < -0.3 is 19.4 Å². The SMILES string of the molecule is CC(=O)OC1CCNC(B2OCCO2)C1c1ccccc1. The zero-order chi connectivity index (χ0) is 14.7. The summed E-state index contributed by atoms with van der Waals surface area (Å²) in [4.78, 5) is 11.4. The summed E-state index contributed by atoms with van der Waals surface area (Å²) < 4.78 is 16.9. The minimum absolute atomic E-state index is 0.00648. The summed E-state index contributed by atoms with van der Waals surface area (Å²) >= 11 is 0. The van der Waals surface area contributed by atoms with E-state index in [9.17, 15) is 4.79 Å². The van der Waals surface area contributed by atoms with E-state index in [1.54, 1.807) is 0 Å². The van der Waals surface area contributed by atoms with Crippen molar-refractivity contribution in [1.82, 2.24) is 5.32 Å². The number of esters is 1. The molecule has 0 aliphatic carbocycles. The Hall–Kier alpha value is -1.37. The molecule has 0 aromatic heterocycles. The van der Waals surface area contributed by atoms with E-state index in [2.05, 4.69) is 17.4 Å². The lowest BCUT2D eigenvalue weighted by Gasteiger charge is -2.39. The summed E-state index contributed by atoms with van der Waals surface area (Å²) in [5.74, 6) is -0.213. The molecule has 1 N–H and O–H groups in total. The Morgan fingerprint density at radius 3 is 2.67 bits per heavy atom. The first kappa shape index (κ1) is 14.6. The average molecular weight is 289 g/mol. The van der Waals surface area contributed by atoms with Gasteiger partial charge in [0.15, 0.2) is 0 Å². The van der Waals surface area contributed by atoms with Gasteiger partial charge in [0.1, 0.15) is 6.10 Å². The van der Waals surface area contributed by atoms with E-state index >= 15 is 0 Å². The molecule has 0 amide bonds. The highest BCUT2D eigenvalue weighted by Crippen LogP contribution is 2.33. The Morgan fingerprint density at radius 1 is 1.29 bits per heavy atom. The quantitative estimate of drug-likeness (QED) is 0.668. The standard InChI is InChI=1S/C15H20BNO4/c1-11(18)21-13-7-8-17-15(16-19-9-10-20-16)14(13)12-5-3-2-4-6-12/h2-6,13-15,17H,7-10H2,1H3. The third kappa shape index (κ3) is 3.28. The van der Waals surface area contributed by atoms with Crippen LogP contribution in [-0.2, 0) is 18.8 Å². The van der Waals surface area contributed by atoms with Crippen LogP contribution >= 0.6 is 0 Å². The Morgan fingerprint density at radius 2 is 2.00 bits per heavy atom. The summed E-state index contributed by atoms with van der Waals surface area (Å²) in [7, 11) is -0.284. The van der Waals surface area contributed by atoms with E-state index < -0.39 is 0 Å². The molecule has 2 aliphatic rings. The van der Waals surface area contributed by atoms with Gasteiger partial charge in [-0.25, -0.2) is 0 Å². The molecule has 2 aliphatic heterocycles. The van der Waals surface area contributed by atoms with E-state index in [0.29, 0.717) is 13.2 Å². The maximum atomic E-state index is 11.4. The second kappa shape index (κ2) is 6.60. The number of carbonyl (C=O) groups is 1. The van der Waals surface area contributed by atoms with Crippen LogP contribution in [0.15, 0.2) is 30.3 Å². The normalized spacial score (nSPS) is 29.4. The fraction of sp³-hybridized carbons (Fsp3) is 0.533. The van der Waals surface area contributed by atoms with Gasteiger partial charge in [0, 0.05) is 12.8 Å². The lowest BCUT2D eigenvalue weighted by molar-refractivity contribution is -0.148. The number of ether oxygens (including phenoxy) is 1. The molecule has 0 radical (unpaired) electrons. The molecule has 2 heterocycles. The summed E-state index contributed by atoms with van der Waals surface area (Å²) in [6, 6.07) is 10.1. The van der Waals surface area contributed by atoms with Crippen molar-refractivity contribution in [1.29, 1.82) is 0 Å². The van der Waals surface area contributed by atoms with Crippen LogP contribution in [0.5, 0.6) is 0 Å². The van der Waals surface area contributed by atoms with Crippen LogP contribution in [0.4, 0.5) is 0 Å². The highest BCUT2D eigenvalue weighted by atomic mass is 16.6. The summed E-state index contributed by atoms with van der Waals surface area (Å²) in [5, 5.41) is 3.47. The number of rotatable bonds is 3. The predicted molar refractivity (Wildman–Crippen MR) is 78.8 cm³/mol. The second-order valence-corrected chi connectivity index (χ2v) is 5.46. The average Bonchev–Trinajstić information content (AvgIpc) is 3.01. The lowest BCUT2D eigenvalue weighted by Crippen LogP contribution is -2.56. The van der Waals surface area contributed by atoms with Gasteiger partial charge in [-0.05, 0) is 18.5 Å². The maximum absolute atomic E-state index is 11.4. The molecule has 1 aromatic rings. The van der Waals surface area contributed by atoms with Gasteiger partial charge in [-0.1, -0.05) is 30.3 Å². The summed E-state index contributed by atoms with van der Waals surface area (Å²) in [6.07, 6.45) is 0.645. The molecule has 2 saturated heterocycles. The zero-order valence-electron chi connectivity index (χ0n) is 12.2. The number of hydrogen-bond acceptors (Lipinski definition) is 5. The van der Waals surface area contributed by atoms with Crippen LogP contribution < -0.4 is 5.32 Å². The fourth-order valence-corrected chi connectivity index (χ4v) is 3.22. The Bertz CT molecular complexity index is 478.